The van der Waals surface area contributed by atoms with E-state index >= 15 is 0 Å². The van der Waals surface area contributed by atoms with E-state index in [-0.39, 0.29) is 23.8 Å². The maximum absolute atomic E-state index is 12.0. The molecule has 0 bridgehead atoms. The zero-order valence-electron chi connectivity index (χ0n) is 11.2. The van der Waals surface area contributed by atoms with Crippen LogP contribution in [0, 0.1) is 0 Å². The first kappa shape index (κ1) is 12.9. The number of aromatic hydroxyl groups is 1. The molecule has 2 atom stereocenters. The van der Waals surface area contributed by atoms with E-state index in [4.69, 9.17) is 4.74 Å². The molecule has 1 saturated heterocycles. The van der Waals surface area contributed by atoms with Crippen LogP contribution in [-0.4, -0.2) is 49.2 Å². The highest BCUT2D eigenvalue weighted by molar-refractivity contribution is 5.90. The summed E-state index contributed by atoms with van der Waals surface area (Å²) in [5.74, 6) is -0.0276. The first-order chi connectivity index (χ1) is 9.70. The van der Waals surface area contributed by atoms with Crippen molar-refractivity contribution in [3.63, 3.8) is 0 Å². The van der Waals surface area contributed by atoms with Gasteiger partial charge in [-0.2, -0.15) is 0 Å². The molecule has 2 N–H and O–H groups in total. The molecule has 0 radical (unpaired) electrons. The largest absolute Gasteiger partial charge is 0.508 e. The summed E-state index contributed by atoms with van der Waals surface area (Å²) >= 11 is 0. The summed E-state index contributed by atoms with van der Waals surface area (Å²) in [6, 6.07) is 4.75. The maximum Gasteiger partial charge on any atom is 0.325 e. The SMILES string of the molecule is CCOC(=O)C1NCN2c3ccc(O)cc3C=NCC12. The van der Waals surface area contributed by atoms with Crippen molar-refractivity contribution in [3.8, 4) is 5.75 Å². The van der Waals surface area contributed by atoms with E-state index in [2.05, 4.69) is 15.2 Å². The summed E-state index contributed by atoms with van der Waals surface area (Å²) in [5, 5.41) is 12.7. The summed E-state index contributed by atoms with van der Waals surface area (Å²) in [5.41, 5.74) is 1.83. The number of carbonyl (C=O) groups excluding carboxylic acids is 1. The molecule has 6 heteroatoms. The molecule has 0 saturated carbocycles. The molecule has 2 unspecified atom stereocenters. The Morgan fingerprint density at radius 3 is 3.25 bits per heavy atom. The number of hydrogen-bond donors (Lipinski definition) is 2. The molecule has 106 valence electrons. The molecule has 0 spiro atoms. The molecule has 0 aromatic heterocycles. The lowest BCUT2D eigenvalue weighted by atomic mass is 10.1. The van der Waals surface area contributed by atoms with Crippen molar-refractivity contribution in [1.82, 2.24) is 5.32 Å². The number of ether oxygens (including phenoxy) is 1. The fourth-order valence-electron chi connectivity index (χ4n) is 2.74. The Kier molecular flexibility index (Phi) is 3.31. The van der Waals surface area contributed by atoms with Gasteiger partial charge in [0.15, 0.2) is 0 Å². The van der Waals surface area contributed by atoms with Crippen LogP contribution in [0.25, 0.3) is 0 Å². The third kappa shape index (κ3) is 2.12. The van der Waals surface area contributed by atoms with E-state index in [9.17, 15) is 9.90 Å². The van der Waals surface area contributed by atoms with Gasteiger partial charge >= 0.3 is 5.97 Å². The van der Waals surface area contributed by atoms with Crippen molar-refractivity contribution in [3.05, 3.63) is 23.8 Å². The summed E-state index contributed by atoms with van der Waals surface area (Å²) < 4.78 is 5.10. The third-order valence-electron chi connectivity index (χ3n) is 3.65. The van der Waals surface area contributed by atoms with E-state index in [1.165, 1.54) is 0 Å². The standard InChI is InChI=1S/C14H17N3O3/c1-2-20-14(19)13-12-7-15-6-9-5-10(18)3-4-11(9)17(12)8-16-13/h3-6,12-13,16,18H,2,7-8H2,1H3. The quantitative estimate of drug-likeness (QED) is 0.769. The number of fused-ring (bicyclic) bond motifs is 3. The van der Waals surface area contributed by atoms with Gasteiger partial charge < -0.3 is 14.7 Å². The van der Waals surface area contributed by atoms with Gasteiger partial charge in [-0.15, -0.1) is 0 Å². The van der Waals surface area contributed by atoms with E-state index in [0.717, 1.165) is 11.3 Å². The lowest BCUT2D eigenvalue weighted by Crippen LogP contribution is -2.44. The van der Waals surface area contributed by atoms with Gasteiger partial charge in [0.25, 0.3) is 0 Å². The Morgan fingerprint density at radius 2 is 2.45 bits per heavy atom. The number of benzene rings is 1. The zero-order valence-corrected chi connectivity index (χ0v) is 11.2. The number of nitrogens with zero attached hydrogens (tertiary/aromatic N) is 2. The smallest absolute Gasteiger partial charge is 0.325 e. The Morgan fingerprint density at radius 1 is 1.60 bits per heavy atom. The van der Waals surface area contributed by atoms with Crippen molar-refractivity contribution in [1.29, 1.82) is 0 Å². The van der Waals surface area contributed by atoms with Gasteiger partial charge in [0.2, 0.25) is 0 Å². The van der Waals surface area contributed by atoms with Gasteiger partial charge in [-0.1, -0.05) is 0 Å². The average molecular weight is 275 g/mol. The predicted molar refractivity (Wildman–Crippen MR) is 75.3 cm³/mol. The summed E-state index contributed by atoms with van der Waals surface area (Å²) in [7, 11) is 0. The van der Waals surface area contributed by atoms with E-state index < -0.39 is 0 Å². The van der Waals surface area contributed by atoms with Crippen LogP contribution in [0.5, 0.6) is 5.75 Å². The molecule has 0 amide bonds. The van der Waals surface area contributed by atoms with Crippen LogP contribution < -0.4 is 10.2 Å². The van der Waals surface area contributed by atoms with Crippen molar-refractivity contribution in [2.45, 2.75) is 19.0 Å². The highest BCUT2D eigenvalue weighted by Crippen LogP contribution is 2.30. The lowest BCUT2D eigenvalue weighted by Gasteiger charge is -2.26. The number of nitrogens with one attached hydrogen (secondary N) is 1. The van der Waals surface area contributed by atoms with Gasteiger partial charge in [-0.05, 0) is 25.1 Å². The highest BCUT2D eigenvalue weighted by Gasteiger charge is 2.40. The van der Waals surface area contributed by atoms with Gasteiger partial charge in [-0.25, -0.2) is 0 Å². The number of esters is 1. The Bertz CT molecular complexity index is 559. The average Bonchev–Trinajstić information content (AvgIpc) is 2.75. The summed E-state index contributed by atoms with van der Waals surface area (Å²) in [6.07, 6.45) is 1.75. The van der Waals surface area contributed by atoms with Crippen molar-refractivity contribution in [2.75, 3.05) is 24.7 Å². The van der Waals surface area contributed by atoms with E-state index in [0.29, 0.717) is 19.8 Å². The number of carbonyl (C=O) groups is 1. The topological polar surface area (TPSA) is 74.2 Å². The van der Waals surface area contributed by atoms with Crippen molar-refractivity contribution in [2.24, 2.45) is 4.99 Å². The molecule has 2 aliphatic heterocycles. The van der Waals surface area contributed by atoms with Gasteiger partial charge in [0, 0.05) is 17.5 Å². The van der Waals surface area contributed by atoms with Crippen LogP contribution in [0.15, 0.2) is 23.2 Å². The lowest BCUT2D eigenvalue weighted by molar-refractivity contribution is -0.145. The second-order valence-electron chi connectivity index (χ2n) is 4.87. The molecular formula is C14H17N3O3. The monoisotopic (exact) mass is 275 g/mol. The molecule has 2 aliphatic rings. The first-order valence-electron chi connectivity index (χ1n) is 6.70. The van der Waals surface area contributed by atoms with Gasteiger partial charge in [-0.3, -0.25) is 15.1 Å². The molecule has 3 rings (SSSR count). The Balaban J connectivity index is 1.91. The number of phenolic OH excluding ortho intramolecular Hbond substituents is 1. The molecule has 20 heavy (non-hydrogen) atoms. The minimum absolute atomic E-state index is 0.0592. The second-order valence-corrected chi connectivity index (χ2v) is 4.87. The highest BCUT2D eigenvalue weighted by atomic mass is 16.5. The molecule has 6 nitrogen and oxygen atoms in total. The fourth-order valence-corrected chi connectivity index (χ4v) is 2.74. The third-order valence-corrected chi connectivity index (χ3v) is 3.65. The zero-order chi connectivity index (χ0) is 14.1. The first-order valence-corrected chi connectivity index (χ1v) is 6.70. The number of hydrogen-bond acceptors (Lipinski definition) is 6. The van der Waals surface area contributed by atoms with Crippen LogP contribution in [0.4, 0.5) is 5.69 Å². The Hall–Kier alpha value is -2.08. The molecule has 1 fully saturated rings. The maximum atomic E-state index is 12.0. The molecule has 0 aliphatic carbocycles. The van der Waals surface area contributed by atoms with Crippen molar-refractivity contribution < 1.29 is 14.6 Å². The van der Waals surface area contributed by atoms with Gasteiger partial charge in [0.05, 0.1) is 25.9 Å². The Labute approximate surface area is 117 Å². The summed E-state index contributed by atoms with van der Waals surface area (Å²) in [4.78, 5) is 18.4. The number of anilines is 1. The number of phenols is 1. The molecule has 1 aromatic rings. The van der Waals surface area contributed by atoms with Gasteiger partial charge in [0.1, 0.15) is 11.8 Å². The van der Waals surface area contributed by atoms with E-state index in [1.54, 1.807) is 25.3 Å². The van der Waals surface area contributed by atoms with Crippen LogP contribution in [0.2, 0.25) is 0 Å². The molecule has 1 aromatic carbocycles. The summed E-state index contributed by atoms with van der Waals surface area (Å²) in [6.45, 7) is 3.26. The number of rotatable bonds is 2. The molecule has 2 heterocycles. The predicted octanol–water partition coefficient (Wildman–Crippen LogP) is 0.492. The minimum atomic E-state index is -0.369. The minimum Gasteiger partial charge on any atom is -0.508 e. The van der Waals surface area contributed by atoms with Crippen LogP contribution in [-0.2, 0) is 9.53 Å². The van der Waals surface area contributed by atoms with Crippen LogP contribution >= 0.6 is 0 Å². The second kappa shape index (κ2) is 5.13. The molecular weight excluding hydrogens is 258 g/mol. The van der Waals surface area contributed by atoms with Crippen LogP contribution in [0.1, 0.15) is 12.5 Å². The van der Waals surface area contributed by atoms with Crippen molar-refractivity contribution >= 4 is 17.9 Å². The fraction of sp³-hybridized carbons (Fsp3) is 0.429. The number of aliphatic imine (C=N–C) groups is 1. The normalized spacial score (nSPS) is 23.9. The van der Waals surface area contributed by atoms with E-state index in [1.807, 2.05) is 6.07 Å². The van der Waals surface area contributed by atoms with Crippen LogP contribution in [0.3, 0.4) is 0 Å².